The highest BCUT2D eigenvalue weighted by molar-refractivity contribution is 6.33. The maximum absolute atomic E-state index is 12.8. The summed E-state index contributed by atoms with van der Waals surface area (Å²) in [5.41, 5.74) is 0.201. The first-order valence-electron chi connectivity index (χ1n) is 9.14. The topological polar surface area (TPSA) is 114 Å². The molecule has 0 amide bonds. The lowest BCUT2D eigenvalue weighted by atomic mass is 9.89. The minimum Gasteiger partial charge on any atom is -0.508 e. The van der Waals surface area contributed by atoms with Gasteiger partial charge in [0, 0.05) is 35.2 Å². The van der Waals surface area contributed by atoms with Gasteiger partial charge in [-0.05, 0) is 38.2 Å². The number of halogens is 1. The summed E-state index contributed by atoms with van der Waals surface area (Å²) in [4.78, 5) is 14.8. The van der Waals surface area contributed by atoms with Gasteiger partial charge in [-0.1, -0.05) is 11.6 Å². The zero-order valence-electron chi connectivity index (χ0n) is 15.6. The van der Waals surface area contributed by atoms with Gasteiger partial charge in [0.2, 0.25) is 0 Å². The molecule has 1 aliphatic heterocycles. The monoisotopic (exact) mass is 417 g/mol. The molecule has 2 aromatic carbocycles. The summed E-state index contributed by atoms with van der Waals surface area (Å²) < 4.78 is 5.98. The molecule has 7 nitrogen and oxygen atoms in total. The maximum Gasteiger partial charge on any atom is 0.197 e. The van der Waals surface area contributed by atoms with Gasteiger partial charge in [-0.15, -0.1) is 0 Å². The smallest absolute Gasteiger partial charge is 0.197 e. The van der Waals surface area contributed by atoms with Crippen LogP contribution < -0.4 is 5.43 Å². The second-order valence-corrected chi connectivity index (χ2v) is 7.70. The molecule has 0 saturated carbocycles. The van der Waals surface area contributed by atoms with E-state index in [9.17, 15) is 25.2 Å². The highest BCUT2D eigenvalue weighted by Crippen LogP contribution is 2.44. The van der Waals surface area contributed by atoms with Crippen molar-refractivity contribution in [3.8, 4) is 28.6 Å². The third kappa shape index (κ3) is 3.21. The fraction of sp³-hybridized carbons (Fsp3) is 0.286. The van der Waals surface area contributed by atoms with Gasteiger partial charge in [0.15, 0.2) is 5.43 Å². The molecule has 1 fully saturated rings. The Morgan fingerprint density at radius 1 is 1.17 bits per heavy atom. The first kappa shape index (κ1) is 19.6. The standard InChI is InChI=1S/C21H20ClNO6/c1-23-5-4-11(14(23)9-24)19-15(26)7-16(27)20-17(28)8-18(29-21(19)20)12-6-10(25)2-3-13(12)22/h2-3,6-8,11,14,24-27H,4-5,9H2,1H3/t11-,14+/m1/s1. The minimum absolute atomic E-state index is 0.0446. The van der Waals surface area contributed by atoms with Crippen LogP contribution in [0.15, 0.2) is 39.5 Å². The van der Waals surface area contributed by atoms with Gasteiger partial charge in [-0.2, -0.15) is 0 Å². The van der Waals surface area contributed by atoms with E-state index in [1.807, 2.05) is 11.9 Å². The second-order valence-electron chi connectivity index (χ2n) is 7.30. The number of phenols is 3. The van der Waals surface area contributed by atoms with Crippen molar-refractivity contribution in [3.63, 3.8) is 0 Å². The van der Waals surface area contributed by atoms with Crippen molar-refractivity contribution >= 4 is 22.6 Å². The molecule has 8 heteroatoms. The summed E-state index contributed by atoms with van der Waals surface area (Å²) >= 11 is 6.22. The molecular formula is C21H20ClNO6. The number of benzene rings is 2. The van der Waals surface area contributed by atoms with Crippen LogP contribution in [0.3, 0.4) is 0 Å². The number of rotatable bonds is 3. The molecule has 2 heterocycles. The van der Waals surface area contributed by atoms with Crippen LogP contribution >= 0.6 is 11.6 Å². The van der Waals surface area contributed by atoms with Gasteiger partial charge in [-0.3, -0.25) is 4.79 Å². The van der Waals surface area contributed by atoms with E-state index in [0.29, 0.717) is 24.1 Å². The first-order chi connectivity index (χ1) is 13.8. The van der Waals surface area contributed by atoms with E-state index < -0.39 is 11.2 Å². The van der Waals surface area contributed by atoms with E-state index in [1.165, 1.54) is 24.3 Å². The number of likely N-dealkylation sites (tertiary alicyclic amines) is 1. The number of hydrogen-bond acceptors (Lipinski definition) is 7. The lowest BCUT2D eigenvalue weighted by Gasteiger charge is -2.24. The van der Waals surface area contributed by atoms with Crippen molar-refractivity contribution < 1.29 is 24.8 Å². The summed E-state index contributed by atoms with van der Waals surface area (Å²) in [5, 5.41) is 40.7. The van der Waals surface area contributed by atoms with E-state index in [1.54, 1.807) is 0 Å². The summed E-state index contributed by atoms with van der Waals surface area (Å²) in [6, 6.07) is 6.30. The largest absolute Gasteiger partial charge is 0.508 e. The van der Waals surface area contributed by atoms with Crippen LogP contribution in [0.4, 0.5) is 0 Å². The third-order valence-electron chi connectivity index (χ3n) is 5.59. The number of hydrogen-bond donors (Lipinski definition) is 4. The van der Waals surface area contributed by atoms with E-state index >= 15 is 0 Å². The third-order valence-corrected chi connectivity index (χ3v) is 5.92. The fourth-order valence-corrected chi connectivity index (χ4v) is 4.34. The molecule has 0 radical (unpaired) electrons. The predicted molar refractivity (Wildman–Crippen MR) is 109 cm³/mol. The van der Waals surface area contributed by atoms with Crippen LogP contribution in [0.2, 0.25) is 5.02 Å². The summed E-state index contributed by atoms with van der Waals surface area (Å²) in [5.74, 6) is -0.858. The molecule has 0 spiro atoms. The number of likely N-dealkylation sites (N-methyl/N-ethyl adjacent to an activating group) is 1. The SMILES string of the molecule is CN1CC[C@@H](c2c(O)cc(O)c3c(=O)cc(-c4cc(O)ccc4Cl)oc23)[C@@H]1CO. The second kappa shape index (κ2) is 7.26. The van der Waals surface area contributed by atoms with Crippen molar-refractivity contribution in [2.75, 3.05) is 20.2 Å². The molecular weight excluding hydrogens is 398 g/mol. The molecule has 3 aromatic rings. The Hall–Kier alpha value is -2.74. The normalized spacial score (nSPS) is 19.8. The van der Waals surface area contributed by atoms with Crippen molar-refractivity contribution in [2.24, 2.45) is 0 Å². The van der Waals surface area contributed by atoms with Crippen LogP contribution in [0.25, 0.3) is 22.3 Å². The van der Waals surface area contributed by atoms with Crippen LogP contribution in [0.5, 0.6) is 17.2 Å². The number of nitrogens with zero attached hydrogens (tertiary/aromatic N) is 1. The average Bonchev–Trinajstić information content (AvgIpc) is 3.03. The fourth-order valence-electron chi connectivity index (χ4n) is 4.13. The van der Waals surface area contributed by atoms with Gasteiger partial charge in [0.05, 0.1) is 11.6 Å². The van der Waals surface area contributed by atoms with Gasteiger partial charge in [0.1, 0.15) is 34.0 Å². The van der Waals surface area contributed by atoms with Crippen LogP contribution in [-0.2, 0) is 0 Å². The predicted octanol–water partition coefficient (Wildman–Crippen LogP) is 3.01. The van der Waals surface area contributed by atoms with Crippen molar-refractivity contribution in [1.29, 1.82) is 0 Å². The lowest BCUT2D eigenvalue weighted by molar-refractivity contribution is 0.172. The molecule has 1 aromatic heterocycles. The zero-order valence-corrected chi connectivity index (χ0v) is 16.3. The average molecular weight is 418 g/mol. The van der Waals surface area contributed by atoms with Crippen molar-refractivity contribution in [3.05, 3.63) is 51.1 Å². The summed E-state index contributed by atoms with van der Waals surface area (Å²) in [7, 11) is 1.87. The molecule has 0 unspecified atom stereocenters. The Morgan fingerprint density at radius 3 is 2.66 bits per heavy atom. The van der Waals surface area contributed by atoms with Crippen LogP contribution in [0.1, 0.15) is 17.9 Å². The van der Waals surface area contributed by atoms with E-state index in [0.717, 1.165) is 6.07 Å². The summed E-state index contributed by atoms with van der Waals surface area (Å²) in [6.07, 6.45) is 0.635. The van der Waals surface area contributed by atoms with Crippen molar-refractivity contribution in [1.82, 2.24) is 4.90 Å². The van der Waals surface area contributed by atoms with E-state index in [4.69, 9.17) is 16.0 Å². The zero-order chi connectivity index (χ0) is 20.9. The molecule has 1 saturated heterocycles. The minimum atomic E-state index is -0.508. The molecule has 4 N–H and O–H groups in total. The van der Waals surface area contributed by atoms with Gasteiger partial charge < -0.3 is 29.7 Å². The number of fused-ring (bicyclic) bond motifs is 1. The summed E-state index contributed by atoms with van der Waals surface area (Å²) in [6.45, 7) is 0.561. The number of aliphatic hydroxyl groups is 1. The molecule has 29 heavy (non-hydrogen) atoms. The lowest BCUT2D eigenvalue weighted by Crippen LogP contribution is -2.32. The molecule has 152 valence electrons. The number of aliphatic hydroxyl groups excluding tert-OH is 1. The molecule has 0 bridgehead atoms. The Labute approximate surface area is 171 Å². The Bertz CT molecular complexity index is 1160. The Kier molecular flexibility index (Phi) is 4.90. The van der Waals surface area contributed by atoms with E-state index in [2.05, 4.69) is 0 Å². The maximum atomic E-state index is 12.8. The highest BCUT2D eigenvalue weighted by Gasteiger charge is 2.36. The van der Waals surface area contributed by atoms with Gasteiger partial charge in [0.25, 0.3) is 0 Å². The first-order valence-corrected chi connectivity index (χ1v) is 9.52. The van der Waals surface area contributed by atoms with Gasteiger partial charge in [-0.25, -0.2) is 0 Å². The molecule has 2 atom stereocenters. The van der Waals surface area contributed by atoms with Crippen LogP contribution in [-0.4, -0.2) is 51.6 Å². The van der Waals surface area contributed by atoms with E-state index in [-0.39, 0.29) is 51.8 Å². The Balaban J connectivity index is 2.03. The Morgan fingerprint density at radius 2 is 1.93 bits per heavy atom. The quantitative estimate of drug-likeness (QED) is 0.518. The highest BCUT2D eigenvalue weighted by atomic mass is 35.5. The number of phenolic OH excluding ortho intramolecular Hbond substituents is 3. The van der Waals surface area contributed by atoms with Crippen LogP contribution in [0, 0.1) is 0 Å². The van der Waals surface area contributed by atoms with Gasteiger partial charge >= 0.3 is 0 Å². The molecule has 0 aliphatic carbocycles. The van der Waals surface area contributed by atoms with Crippen molar-refractivity contribution in [2.45, 2.75) is 18.4 Å². The number of aromatic hydroxyl groups is 3. The molecule has 4 rings (SSSR count). The molecule has 1 aliphatic rings.